The van der Waals surface area contributed by atoms with Crippen LogP contribution in [0.4, 0.5) is 0 Å². The zero-order valence-corrected chi connectivity index (χ0v) is 18.0. The maximum atomic E-state index is 6.16. The van der Waals surface area contributed by atoms with Crippen LogP contribution in [0.25, 0.3) is 21.5 Å². The van der Waals surface area contributed by atoms with Crippen molar-refractivity contribution in [1.29, 1.82) is 0 Å². The quantitative estimate of drug-likeness (QED) is 0.231. The average Bonchev–Trinajstić information content (AvgIpc) is 3.12. The van der Waals surface area contributed by atoms with Gasteiger partial charge in [-0.05, 0) is 29.1 Å². The molecule has 140 valence electrons. The second-order valence-electron chi connectivity index (χ2n) is 5.44. The molecular formula is C19H14Cl4N2OS. The minimum atomic E-state index is -1.56. The predicted molar refractivity (Wildman–Crippen MR) is 117 cm³/mol. The fourth-order valence-electron chi connectivity index (χ4n) is 2.51. The molecule has 0 saturated heterocycles. The van der Waals surface area contributed by atoms with Crippen LogP contribution in [0.2, 0.25) is 5.02 Å². The first-order valence-corrected chi connectivity index (χ1v) is 10.3. The van der Waals surface area contributed by atoms with Gasteiger partial charge >= 0.3 is 0 Å². The second kappa shape index (κ2) is 8.80. The maximum absolute atomic E-state index is 6.16. The molecule has 0 aliphatic carbocycles. The Morgan fingerprint density at radius 2 is 1.67 bits per heavy atom. The standard InChI is InChI=1S/C14H9Cl.C5H5Cl3N2OS/c15-14-7-3-6-12-11-5-2-1-4-10(11)8-9-13(12)14;1-2-11-4-9-3(10-12-4)5(6,7)8/h1-9H;2H2,1H3. The van der Waals surface area contributed by atoms with Crippen LogP contribution in [0.15, 0.2) is 54.6 Å². The van der Waals surface area contributed by atoms with Crippen LogP contribution >= 0.6 is 57.9 Å². The first kappa shape index (κ1) is 20.4. The van der Waals surface area contributed by atoms with Crippen molar-refractivity contribution in [3.8, 4) is 5.19 Å². The molecule has 4 rings (SSSR count). The molecule has 0 atom stereocenters. The van der Waals surface area contributed by atoms with Crippen molar-refractivity contribution in [2.45, 2.75) is 10.7 Å². The molecule has 0 saturated carbocycles. The zero-order chi connectivity index (χ0) is 19.4. The van der Waals surface area contributed by atoms with E-state index in [1.165, 1.54) is 16.2 Å². The molecule has 0 aliphatic rings. The third-order valence-electron chi connectivity index (χ3n) is 3.66. The van der Waals surface area contributed by atoms with E-state index in [9.17, 15) is 0 Å². The van der Waals surface area contributed by atoms with E-state index in [1.54, 1.807) is 0 Å². The molecule has 0 aliphatic heterocycles. The van der Waals surface area contributed by atoms with Crippen molar-refractivity contribution in [1.82, 2.24) is 9.36 Å². The van der Waals surface area contributed by atoms with E-state index in [-0.39, 0.29) is 5.82 Å². The highest BCUT2D eigenvalue weighted by atomic mass is 35.6. The normalized spacial score (nSPS) is 11.3. The molecule has 0 unspecified atom stereocenters. The summed E-state index contributed by atoms with van der Waals surface area (Å²) in [6.45, 7) is 2.37. The Bertz CT molecular complexity index is 1060. The second-order valence-corrected chi connectivity index (χ2v) is 8.84. The van der Waals surface area contributed by atoms with Crippen LogP contribution in [0.1, 0.15) is 12.7 Å². The minimum Gasteiger partial charge on any atom is -0.469 e. The van der Waals surface area contributed by atoms with Crippen LogP contribution in [0, 0.1) is 0 Å². The minimum absolute atomic E-state index is 0.154. The van der Waals surface area contributed by atoms with Crippen molar-refractivity contribution in [2.24, 2.45) is 0 Å². The van der Waals surface area contributed by atoms with Crippen LogP contribution < -0.4 is 4.74 Å². The summed E-state index contributed by atoms with van der Waals surface area (Å²) in [4.78, 5) is 3.86. The number of alkyl halides is 3. The number of benzene rings is 3. The average molecular weight is 460 g/mol. The summed E-state index contributed by atoms with van der Waals surface area (Å²) in [7, 11) is 0. The lowest BCUT2D eigenvalue weighted by Crippen LogP contribution is -2.02. The van der Waals surface area contributed by atoms with Crippen molar-refractivity contribution >= 4 is 79.5 Å². The zero-order valence-electron chi connectivity index (χ0n) is 14.1. The Morgan fingerprint density at radius 3 is 2.37 bits per heavy atom. The maximum Gasteiger partial charge on any atom is 0.293 e. The number of rotatable bonds is 2. The lowest BCUT2D eigenvalue weighted by molar-refractivity contribution is 0.337. The molecule has 27 heavy (non-hydrogen) atoms. The summed E-state index contributed by atoms with van der Waals surface area (Å²) in [6.07, 6.45) is 0. The highest BCUT2D eigenvalue weighted by Crippen LogP contribution is 2.37. The van der Waals surface area contributed by atoms with Gasteiger partial charge in [-0.3, -0.25) is 0 Å². The van der Waals surface area contributed by atoms with Crippen LogP contribution in [-0.4, -0.2) is 16.0 Å². The summed E-state index contributed by atoms with van der Waals surface area (Å²) in [5.74, 6) is 0.154. The van der Waals surface area contributed by atoms with E-state index in [4.69, 9.17) is 51.1 Å². The number of nitrogens with zero attached hydrogens (tertiary/aromatic N) is 2. The monoisotopic (exact) mass is 458 g/mol. The molecular weight excluding hydrogens is 446 g/mol. The van der Waals surface area contributed by atoms with Gasteiger partial charge in [0.15, 0.2) is 5.82 Å². The van der Waals surface area contributed by atoms with E-state index in [1.807, 2.05) is 19.1 Å². The summed E-state index contributed by atoms with van der Waals surface area (Å²) < 4.78 is 7.30. The predicted octanol–water partition coefficient (Wildman–Crippen LogP) is 7.41. The topological polar surface area (TPSA) is 35.0 Å². The lowest BCUT2D eigenvalue weighted by Gasteiger charge is -2.04. The van der Waals surface area contributed by atoms with Crippen LogP contribution in [0.5, 0.6) is 5.19 Å². The molecule has 0 spiro atoms. The van der Waals surface area contributed by atoms with Crippen molar-refractivity contribution in [3.63, 3.8) is 0 Å². The third kappa shape index (κ3) is 4.95. The lowest BCUT2D eigenvalue weighted by atomic mass is 10.0. The van der Waals surface area contributed by atoms with E-state index < -0.39 is 3.79 Å². The fraction of sp³-hybridized carbons (Fsp3) is 0.158. The molecule has 1 aromatic heterocycles. The van der Waals surface area contributed by atoms with Crippen molar-refractivity contribution in [2.75, 3.05) is 6.61 Å². The van der Waals surface area contributed by atoms with Crippen molar-refractivity contribution < 1.29 is 4.74 Å². The first-order chi connectivity index (χ1) is 12.9. The molecule has 0 fully saturated rings. The molecule has 8 heteroatoms. The van der Waals surface area contributed by atoms with Gasteiger partial charge in [0.1, 0.15) is 0 Å². The Kier molecular flexibility index (Phi) is 6.66. The number of aromatic nitrogens is 2. The van der Waals surface area contributed by atoms with Gasteiger partial charge in [0.05, 0.1) is 6.61 Å². The number of hydrogen-bond donors (Lipinski definition) is 0. The van der Waals surface area contributed by atoms with Crippen molar-refractivity contribution in [3.05, 3.63) is 65.4 Å². The van der Waals surface area contributed by atoms with Gasteiger partial charge in [-0.15, -0.1) is 0 Å². The van der Waals surface area contributed by atoms with Crippen LogP contribution in [0.3, 0.4) is 0 Å². The number of ether oxygens (including phenoxy) is 1. The molecule has 0 bridgehead atoms. The molecule has 0 amide bonds. The molecule has 4 aromatic rings. The Balaban J connectivity index is 0.000000161. The molecule has 0 radical (unpaired) electrons. The molecule has 0 N–H and O–H groups in total. The highest BCUT2D eigenvalue weighted by Gasteiger charge is 2.28. The van der Waals surface area contributed by atoms with Gasteiger partial charge in [-0.2, -0.15) is 9.36 Å². The first-order valence-electron chi connectivity index (χ1n) is 8.00. The Morgan fingerprint density at radius 1 is 0.926 bits per heavy atom. The third-order valence-corrected chi connectivity index (χ3v) is 5.13. The molecule has 1 heterocycles. The summed E-state index contributed by atoms with van der Waals surface area (Å²) >= 11 is 23.8. The number of fused-ring (bicyclic) bond motifs is 3. The van der Waals surface area contributed by atoms with E-state index in [0.717, 1.165) is 21.9 Å². The van der Waals surface area contributed by atoms with Gasteiger partial charge < -0.3 is 4.74 Å². The van der Waals surface area contributed by atoms with Gasteiger partial charge in [-0.1, -0.05) is 94.9 Å². The van der Waals surface area contributed by atoms with Gasteiger partial charge in [0, 0.05) is 21.9 Å². The van der Waals surface area contributed by atoms with Gasteiger partial charge in [0.2, 0.25) is 0 Å². The molecule has 3 nitrogen and oxygen atoms in total. The van der Waals surface area contributed by atoms with Crippen LogP contribution in [-0.2, 0) is 3.79 Å². The molecule has 3 aromatic carbocycles. The number of hydrogen-bond acceptors (Lipinski definition) is 4. The smallest absolute Gasteiger partial charge is 0.293 e. The van der Waals surface area contributed by atoms with Gasteiger partial charge in [0.25, 0.3) is 8.99 Å². The Hall–Kier alpha value is -1.30. The Labute approximate surface area is 180 Å². The number of halogens is 4. The highest BCUT2D eigenvalue weighted by molar-refractivity contribution is 7.07. The summed E-state index contributed by atoms with van der Waals surface area (Å²) in [5.41, 5.74) is 0. The van der Waals surface area contributed by atoms with E-state index in [0.29, 0.717) is 11.8 Å². The summed E-state index contributed by atoms with van der Waals surface area (Å²) in [6, 6.07) is 18.6. The fourth-order valence-corrected chi connectivity index (χ4v) is 3.79. The van der Waals surface area contributed by atoms with E-state index >= 15 is 0 Å². The van der Waals surface area contributed by atoms with Gasteiger partial charge in [-0.25, -0.2) is 0 Å². The SMILES string of the molecule is CCOc1nc(C(Cl)(Cl)Cl)ns1.Clc1cccc2c1ccc1ccccc12. The van der Waals surface area contributed by atoms with E-state index in [2.05, 4.69) is 51.8 Å². The largest absolute Gasteiger partial charge is 0.469 e. The summed E-state index contributed by atoms with van der Waals surface area (Å²) in [5, 5.41) is 6.10.